The molecule has 9 heteroatoms. The molecule has 0 fully saturated rings. The minimum atomic E-state index is -3.34. The molecular weight excluding hydrogens is 392 g/mol. The van der Waals surface area contributed by atoms with Crippen LogP contribution >= 0.6 is 11.6 Å². The first kappa shape index (κ1) is 19.1. The van der Waals surface area contributed by atoms with Crippen molar-refractivity contribution >= 4 is 45.0 Å². The van der Waals surface area contributed by atoms with Crippen LogP contribution in [0.4, 0.5) is 11.4 Å². The summed E-state index contributed by atoms with van der Waals surface area (Å²) >= 11 is 6.16. The number of sulfonamides is 1. The Morgan fingerprint density at radius 3 is 2.48 bits per heavy atom. The fraction of sp³-hybridized carbons (Fsp3) is 0.167. The number of hydrogen-bond donors (Lipinski definition) is 2. The van der Waals surface area contributed by atoms with Crippen LogP contribution in [-0.4, -0.2) is 33.8 Å². The second-order valence-corrected chi connectivity index (χ2v) is 7.96. The van der Waals surface area contributed by atoms with E-state index in [4.69, 9.17) is 21.1 Å². The largest absolute Gasteiger partial charge is 0.486 e. The number of carbonyl (C=O) groups excluding carboxylic acids is 1. The molecule has 0 saturated carbocycles. The van der Waals surface area contributed by atoms with E-state index in [9.17, 15) is 13.2 Å². The first-order valence-electron chi connectivity index (χ1n) is 7.96. The quantitative estimate of drug-likeness (QED) is 0.741. The highest BCUT2D eigenvalue weighted by Gasteiger charge is 2.16. The van der Waals surface area contributed by atoms with Crippen molar-refractivity contribution in [3.8, 4) is 11.5 Å². The lowest BCUT2D eigenvalue weighted by atomic mass is 10.1. The normalized spacial score (nSPS) is 13.4. The number of benzene rings is 2. The van der Waals surface area contributed by atoms with E-state index < -0.39 is 10.0 Å². The van der Waals surface area contributed by atoms with Crippen molar-refractivity contribution in [3.05, 3.63) is 53.1 Å². The monoisotopic (exact) mass is 408 g/mol. The van der Waals surface area contributed by atoms with E-state index in [1.54, 1.807) is 42.5 Å². The van der Waals surface area contributed by atoms with E-state index in [0.29, 0.717) is 46.7 Å². The maximum atomic E-state index is 12.1. The maximum Gasteiger partial charge on any atom is 0.248 e. The predicted molar refractivity (Wildman–Crippen MR) is 105 cm³/mol. The number of hydrogen-bond acceptors (Lipinski definition) is 5. The summed E-state index contributed by atoms with van der Waals surface area (Å²) in [5, 5.41) is 3.11. The first-order chi connectivity index (χ1) is 12.8. The summed E-state index contributed by atoms with van der Waals surface area (Å²) < 4.78 is 35.7. The van der Waals surface area contributed by atoms with Gasteiger partial charge in [-0.25, -0.2) is 8.42 Å². The summed E-state index contributed by atoms with van der Waals surface area (Å²) in [7, 11) is -3.34. The molecule has 0 aliphatic carbocycles. The Hall–Kier alpha value is -2.71. The SMILES string of the molecule is CS(=O)(=O)Nc1ccc(NC(=O)/C=C/c2cc(Cl)c3c(c2)OCCO3)cc1. The van der Waals surface area contributed by atoms with Crippen LogP contribution in [0.5, 0.6) is 11.5 Å². The Balaban J connectivity index is 1.64. The molecule has 0 radical (unpaired) electrons. The molecule has 1 heterocycles. The molecule has 7 nitrogen and oxygen atoms in total. The molecule has 27 heavy (non-hydrogen) atoms. The molecule has 0 aromatic heterocycles. The van der Waals surface area contributed by atoms with Crippen LogP contribution in [-0.2, 0) is 14.8 Å². The molecule has 0 saturated heterocycles. The second-order valence-electron chi connectivity index (χ2n) is 5.80. The second kappa shape index (κ2) is 7.89. The number of halogens is 1. The average Bonchev–Trinajstić information content (AvgIpc) is 2.60. The molecule has 0 bridgehead atoms. The van der Waals surface area contributed by atoms with Gasteiger partial charge in [-0.3, -0.25) is 9.52 Å². The van der Waals surface area contributed by atoms with Crippen molar-refractivity contribution in [2.45, 2.75) is 0 Å². The van der Waals surface area contributed by atoms with Crippen LogP contribution in [0.1, 0.15) is 5.56 Å². The fourth-order valence-electron chi connectivity index (χ4n) is 2.42. The molecule has 0 spiro atoms. The molecule has 142 valence electrons. The predicted octanol–water partition coefficient (Wildman–Crippen LogP) is 3.13. The number of nitrogens with one attached hydrogen (secondary N) is 2. The molecule has 1 aliphatic heterocycles. The molecule has 1 amide bonds. The Morgan fingerprint density at radius 1 is 1.11 bits per heavy atom. The summed E-state index contributed by atoms with van der Waals surface area (Å²) in [6, 6.07) is 9.74. The van der Waals surface area contributed by atoms with Gasteiger partial charge >= 0.3 is 0 Å². The molecule has 0 unspecified atom stereocenters. The summed E-state index contributed by atoms with van der Waals surface area (Å²) in [6.45, 7) is 0.893. The van der Waals surface area contributed by atoms with Crippen LogP contribution < -0.4 is 19.5 Å². The number of carbonyl (C=O) groups is 1. The van der Waals surface area contributed by atoms with Gasteiger partial charge in [-0.05, 0) is 48.0 Å². The summed E-state index contributed by atoms with van der Waals surface area (Å²) in [5.41, 5.74) is 1.65. The van der Waals surface area contributed by atoms with Gasteiger partial charge in [0.15, 0.2) is 11.5 Å². The van der Waals surface area contributed by atoms with E-state index in [-0.39, 0.29) is 5.91 Å². The van der Waals surface area contributed by atoms with Crippen LogP contribution in [0.25, 0.3) is 6.08 Å². The third-order valence-corrected chi connectivity index (χ3v) is 4.39. The van der Waals surface area contributed by atoms with E-state index in [0.717, 1.165) is 6.26 Å². The average molecular weight is 409 g/mol. The fourth-order valence-corrected chi connectivity index (χ4v) is 3.26. The van der Waals surface area contributed by atoms with E-state index in [1.807, 2.05) is 0 Å². The van der Waals surface area contributed by atoms with Crippen LogP contribution in [0.2, 0.25) is 5.02 Å². The minimum absolute atomic E-state index is 0.343. The number of anilines is 2. The van der Waals surface area contributed by atoms with Crippen molar-refractivity contribution in [2.24, 2.45) is 0 Å². The highest BCUT2D eigenvalue weighted by Crippen LogP contribution is 2.38. The van der Waals surface area contributed by atoms with Gasteiger partial charge in [0, 0.05) is 17.5 Å². The van der Waals surface area contributed by atoms with Gasteiger partial charge in [-0.1, -0.05) is 11.6 Å². The lowest BCUT2D eigenvalue weighted by Gasteiger charge is -2.19. The van der Waals surface area contributed by atoms with Crippen molar-refractivity contribution in [3.63, 3.8) is 0 Å². The Labute approximate surface area is 162 Å². The zero-order valence-electron chi connectivity index (χ0n) is 14.4. The van der Waals surface area contributed by atoms with Gasteiger partial charge in [-0.15, -0.1) is 0 Å². The number of amides is 1. The Morgan fingerprint density at radius 2 is 1.78 bits per heavy atom. The van der Waals surface area contributed by atoms with Gasteiger partial charge in [0.2, 0.25) is 15.9 Å². The number of fused-ring (bicyclic) bond motifs is 1. The van der Waals surface area contributed by atoms with E-state index in [1.165, 1.54) is 6.08 Å². The van der Waals surface area contributed by atoms with Crippen LogP contribution in [0, 0.1) is 0 Å². The topological polar surface area (TPSA) is 93.7 Å². The van der Waals surface area contributed by atoms with E-state index >= 15 is 0 Å². The Kier molecular flexibility index (Phi) is 5.57. The number of rotatable bonds is 5. The van der Waals surface area contributed by atoms with Crippen molar-refractivity contribution < 1.29 is 22.7 Å². The van der Waals surface area contributed by atoms with E-state index in [2.05, 4.69) is 10.0 Å². The Bertz CT molecular complexity index is 988. The minimum Gasteiger partial charge on any atom is -0.486 e. The summed E-state index contributed by atoms with van der Waals surface area (Å²) in [5.74, 6) is 0.708. The van der Waals surface area contributed by atoms with Gasteiger partial charge in [-0.2, -0.15) is 0 Å². The lowest BCUT2D eigenvalue weighted by molar-refractivity contribution is -0.111. The molecule has 2 N–H and O–H groups in total. The van der Waals surface area contributed by atoms with Crippen molar-refractivity contribution in [1.82, 2.24) is 0 Å². The molecular formula is C18H17ClN2O5S. The highest BCUT2D eigenvalue weighted by molar-refractivity contribution is 7.92. The molecule has 2 aromatic rings. The van der Waals surface area contributed by atoms with Gasteiger partial charge in [0.05, 0.1) is 11.3 Å². The van der Waals surface area contributed by atoms with Crippen LogP contribution in [0.15, 0.2) is 42.5 Å². The standard InChI is InChI=1S/C18H17ClN2O5S/c1-27(23,24)21-14-5-3-13(4-6-14)20-17(22)7-2-12-10-15(19)18-16(11-12)25-8-9-26-18/h2-7,10-11,21H,8-9H2,1H3,(H,20,22)/b7-2+. The van der Waals surface area contributed by atoms with Gasteiger partial charge in [0.25, 0.3) is 0 Å². The lowest BCUT2D eigenvalue weighted by Crippen LogP contribution is -2.15. The highest BCUT2D eigenvalue weighted by atomic mass is 35.5. The summed E-state index contributed by atoms with van der Waals surface area (Å²) in [4.78, 5) is 12.1. The summed E-state index contributed by atoms with van der Waals surface area (Å²) in [6.07, 6.45) is 4.04. The molecule has 3 rings (SSSR count). The molecule has 0 atom stereocenters. The maximum absolute atomic E-state index is 12.1. The van der Waals surface area contributed by atoms with Crippen molar-refractivity contribution in [2.75, 3.05) is 29.5 Å². The van der Waals surface area contributed by atoms with Crippen LogP contribution in [0.3, 0.4) is 0 Å². The third kappa shape index (κ3) is 5.38. The smallest absolute Gasteiger partial charge is 0.248 e. The van der Waals surface area contributed by atoms with Crippen molar-refractivity contribution in [1.29, 1.82) is 0 Å². The zero-order chi connectivity index (χ0) is 19.4. The molecule has 2 aromatic carbocycles. The molecule has 1 aliphatic rings. The van der Waals surface area contributed by atoms with Gasteiger partial charge < -0.3 is 14.8 Å². The number of ether oxygens (including phenoxy) is 2. The van der Waals surface area contributed by atoms with Gasteiger partial charge in [0.1, 0.15) is 13.2 Å². The first-order valence-corrected chi connectivity index (χ1v) is 10.2. The zero-order valence-corrected chi connectivity index (χ0v) is 15.9. The third-order valence-electron chi connectivity index (χ3n) is 3.50.